The standard InChI is InChI=1S/C8H12FN3O4S2/c1-10-17(13,14)6-5-12-18(15,16)8-7(9)3-2-4-11-8/h2-4,10,12H,5-6H2,1H3. The number of hydrogen-bond acceptors (Lipinski definition) is 5. The van der Waals surface area contributed by atoms with Crippen LogP contribution in [-0.2, 0) is 20.0 Å². The molecular formula is C8H12FN3O4S2. The topological polar surface area (TPSA) is 105 Å². The van der Waals surface area contributed by atoms with Crippen LogP contribution in [0.4, 0.5) is 4.39 Å². The average molecular weight is 297 g/mol. The lowest BCUT2D eigenvalue weighted by Gasteiger charge is -2.06. The molecule has 0 radical (unpaired) electrons. The van der Waals surface area contributed by atoms with Crippen molar-refractivity contribution in [3.05, 3.63) is 24.1 Å². The summed E-state index contributed by atoms with van der Waals surface area (Å²) in [4.78, 5) is 3.39. The van der Waals surface area contributed by atoms with Crippen molar-refractivity contribution < 1.29 is 21.2 Å². The van der Waals surface area contributed by atoms with E-state index in [4.69, 9.17) is 0 Å². The lowest BCUT2D eigenvalue weighted by Crippen LogP contribution is -2.33. The monoisotopic (exact) mass is 297 g/mol. The molecule has 0 aromatic carbocycles. The average Bonchev–Trinajstić information content (AvgIpc) is 2.29. The van der Waals surface area contributed by atoms with Gasteiger partial charge in [0.15, 0.2) is 5.82 Å². The van der Waals surface area contributed by atoms with Gasteiger partial charge in [0.1, 0.15) is 0 Å². The van der Waals surface area contributed by atoms with Crippen molar-refractivity contribution in [2.24, 2.45) is 0 Å². The van der Waals surface area contributed by atoms with E-state index in [-0.39, 0.29) is 6.54 Å². The van der Waals surface area contributed by atoms with Gasteiger partial charge in [-0.2, -0.15) is 0 Å². The minimum atomic E-state index is -4.15. The second kappa shape index (κ2) is 5.69. The molecule has 0 atom stereocenters. The highest BCUT2D eigenvalue weighted by Crippen LogP contribution is 2.09. The maximum Gasteiger partial charge on any atom is 0.261 e. The van der Waals surface area contributed by atoms with E-state index >= 15 is 0 Å². The van der Waals surface area contributed by atoms with Crippen molar-refractivity contribution in [2.45, 2.75) is 5.03 Å². The zero-order valence-electron chi connectivity index (χ0n) is 9.42. The highest BCUT2D eigenvalue weighted by atomic mass is 32.2. The van der Waals surface area contributed by atoms with Gasteiger partial charge < -0.3 is 0 Å². The third kappa shape index (κ3) is 3.98. The van der Waals surface area contributed by atoms with Gasteiger partial charge in [0, 0.05) is 12.7 Å². The number of hydrogen-bond donors (Lipinski definition) is 2. The number of rotatable bonds is 6. The predicted octanol–water partition coefficient (Wildman–Crippen LogP) is -0.952. The zero-order valence-corrected chi connectivity index (χ0v) is 11.1. The molecule has 7 nitrogen and oxygen atoms in total. The molecule has 0 aliphatic rings. The van der Waals surface area contributed by atoms with E-state index in [1.807, 2.05) is 9.44 Å². The Balaban J connectivity index is 2.76. The van der Waals surface area contributed by atoms with Crippen LogP contribution in [0.15, 0.2) is 23.4 Å². The SMILES string of the molecule is CNS(=O)(=O)CCNS(=O)(=O)c1ncccc1F. The minimum Gasteiger partial charge on any atom is -0.241 e. The van der Waals surface area contributed by atoms with Gasteiger partial charge in [-0.15, -0.1) is 0 Å². The Hall–Kier alpha value is -1.10. The van der Waals surface area contributed by atoms with E-state index in [0.29, 0.717) is 0 Å². The van der Waals surface area contributed by atoms with E-state index < -0.39 is 36.6 Å². The van der Waals surface area contributed by atoms with Gasteiger partial charge in [-0.25, -0.2) is 35.7 Å². The molecule has 0 saturated carbocycles. The second-order valence-electron chi connectivity index (χ2n) is 3.21. The number of aromatic nitrogens is 1. The largest absolute Gasteiger partial charge is 0.261 e. The summed E-state index contributed by atoms with van der Waals surface area (Å²) in [6, 6.07) is 2.20. The second-order valence-corrected chi connectivity index (χ2v) is 6.94. The van der Waals surface area contributed by atoms with E-state index in [1.165, 1.54) is 13.1 Å². The molecule has 0 aliphatic carbocycles. The normalized spacial score (nSPS) is 12.6. The molecule has 102 valence electrons. The van der Waals surface area contributed by atoms with Gasteiger partial charge in [0.25, 0.3) is 10.0 Å². The fraction of sp³-hybridized carbons (Fsp3) is 0.375. The highest BCUT2D eigenvalue weighted by molar-refractivity contribution is 7.90. The third-order valence-corrected chi connectivity index (χ3v) is 4.71. The van der Waals surface area contributed by atoms with Crippen LogP contribution in [0.25, 0.3) is 0 Å². The molecule has 18 heavy (non-hydrogen) atoms. The first-order valence-electron chi connectivity index (χ1n) is 4.80. The van der Waals surface area contributed by atoms with Crippen LogP contribution in [0, 0.1) is 5.82 Å². The summed E-state index contributed by atoms with van der Waals surface area (Å²) in [6.45, 7) is -0.373. The molecule has 0 saturated heterocycles. The minimum absolute atomic E-state index is 0.373. The summed E-state index contributed by atoms with van der Waals surface area (Å²) < 4.78 is 62.5. The fourth-order valence-corrected chi connectivity index (χ4v) is 2.79. The first kappa shape index (κ1) is 15.0. The molecule has 0 spiro atoms. The summed E-state index contributed by atoms with van der Waals surface area (Å²) in [5.41, 5.74) is 0. The predicted molar refractivity (Wildman–Crippen MR) is 62.2 cm³/mol. The van der Waals surface area contributed by atoms with Crippen molar-refractivity contribution >= 4 is 20.0 Å². The lowest BCUT2D eigenvalue weighted by molar-refractivity contribution is 0.545. The fourth-order valence-electron chi connectivity index (χ4n) is 1.05. The Labute approximate surface area is 105 Å². The molecule has 0 fully saturated rings. The number of nitrogens with zero attached hydrogens (tertiary/aromatic N) is 1. The van der Waals surface area contributed by atoms with E-state index in [1.54, 1.807) is 0 Å². The highest BCUT2D eigenvalue weighted by Gasteiger charge is 2.20. The van der Waals surface area contributed by atoms with Crippen molar-refractivity contribution in [3.63, 3.8) is 0 Å². The van der Waals surface area contributed by atoms with Crippen LogP contribution in [-0.4, -0.2) is 41.2 Å². The summed E-state index contributed by atoms with van der Waals surface area (Å²) in [5.74, 6) is -1.45. The summed E-state index contributed by atoms with van der Waals surface area (Å²) in [5, 5.41) is -0.758. The van der Waals surface area contributed by atoms with Crippen molar-refractivity contribution in [3.8, 4) is 0 Å². The van der Waals surface area contributed by atoms with Crippen LogP contribution in [0.2, 0.25) is 0 Å². The third-order valence-electron chi connectivity index (χ3n) is 1.95. The van der Waals surface area contributed by atoms with Crippen LogP contribution in [0.5, 0.6) is 0 Å². The molecule has 1 heterocycles. The summed E-state index contributed by atoms with van der Waals surface area (Å²) in [7, 11) is -6.46. The van der Waals surface area contributed by atoms with E-state index in [0.717, 1.165) is 12.3 Å². The van der Waals surface area contributed by atoms with Crippen molar-refractivity contribution in [1.29, 1.82) is 0 Å². The number of halogens is 1. The molecule has 0 unspecified atom stereocenters. The Bertz CT molecular complexity index is 615. The summed E-state index contributed by atoms with van der Waals surface area (Å²) in [6.07, 6.45) is 1.13. The molecular weight excluding hydrogens is 285 g/mol. The Kier molecular flexibility index (Phi) is 4.73. The number of nitrogens with one attached hydrogen (secondary N) is 2. The smallest absolute Gasteiger partial charge is 0.241 e. The van der Waals surface area contributed by atoms with Crippen LogP contribution < -0.4 is 9.44 Å². The maximum atomic E-state index is 13.2. The van der Waals surface area contributed by atoms with Gasteiger partial charge in [0.2, 0.25) is 15.0 Å². The molecule has 10 heteroatoms. The van der Waals surface area contributed by atoms with E-state index in [2.05, 4.69) is 4.98 Å². The summed E-state index contributed by atoms with van der Waals surface area (Å²) >= 11 is 0. The quantitative estimate of drug-likeness (QED) is 0.704. The van der Waals surface area contributed by atoms with E-state index in [9.17, 15) is 21.2 Å². The Morgan fingerprint density at radius 2 is 2.00 bits per heavy atom. The molecule has 2 N–H and O–H groups in total. The van der Waals surface area contributed by atoms with Crippen LogP contribution >= 0.6 is 0 Å². The molecule has 0 bridgehead atoms. The molecule has 0 aliphatic heterocycles. The van der Waals surface area contributed by atoms with Gasteiger partial charge in [-0.3, -0.25) is 0 Å². The lowest BCUT2D eigenvalue weighted by atomic mass is 10.5. The zero-order chi connectivity index (χ0) is 13.8. The Morgan fingerprint density at radius 3 is 2.56 bits per heavy atom. The molecule has 0 amide bonds. The van der Waals surface area contributed by atoms with Gasteiger partial charge >= 0.3 is 0 Å². The van der Waals surface area contributed by atoms with Gasteiger partial charge in [-0.1, -0.05) is 0 Å². The first-order valence-corrected chi connectivity index (χ1v) is 7.93. The van der Waals surface area contributed by atoms with Gasteiger partial charge in [0.05, 0.1) is 5.75 Å². The Morgan fingerprint density at radius 1 is 1.33 bits per heavy atom. The maximum absolute atomic E-state index is 13.2. The molecule has 1 rings (SSSR count). The number of pyridine rings is 1. The van der Waals surface area contributed by atoms with Crippen LogP contribution in [0.3, 0.4) is 0 Å². The molecule has 1 aromatic heterocycles. The molecule has 1 aromatic rings. The van der Waals surface area contributed by atoms with Crippen LogP contribution in [0.1, 0.15) is 0 Å². The first-order chi connectivity index (χ1) is 8.28. The van der Waals surface area contributed by atoms with Crippen molar-refractivity contribution in [2.75, 3.05) is 19.3 Å². The number of sulfonamides is 2. The van der Waals surface area contributed by atoms with Gasteiger partial charge in [-0.05, 0) is 19.2 Å². The van der Waals surface area contributed by atoms with Crippen molar-refractivity contribution in [1.82, 2.24) is 14.4 Å².